The molecular weight excluding hydrogens is 352 g/mol. The highest BCUT2D eigenvalue weighted by Gasteiger charge is 2.20. The van der Waals surface area contributed by atoms with Crippen molar-refractivity contribution in [3.05, 3.63) is 46.2 Å². The van der Waals surface area contributed by atoms with Gasteiger partial charge in [0, 0.05) is 43.1 Å². The lowest BCUT2D eigenvalue weighted by Gasteiger charge is -2.38. The molecule has 0 unspecified atom stereocenters. The van der Waals surface area contributed by atoms with Crippen molar-refractivity contribution in [1.29, 1.82) is 0 Å². The van der Waals surface area contributed by atoms with Gasteiger partial charge in [0.2, 0.25) is 0 Å². The standard InChI is InChI=1S/C15H16BrClN4/c16-13-9-19-10-14(18)15(13)21-7-5-20(6-8-21)12-3-1-11(17)2-4-12/h1-4,9-10H,5-8,18H2. The summed E-state index contributed by atoms with van der Waals surface area (Å²) in [4.78, 5) is 8.75. The summed E-state index contributed by atoms with van der Waals surface area (Å²) in [6.07, 6.45) is 3.49. The third-order valence-electron chi connectivity index (χ3n) is 3.69. The summed E-state index contributed by atoms with van der Waals surface area (Å²) >= 11 is 9.48. The molecule has 0 amide bonds. The smallest absolute Gasteiger partial charge is 0.0777 e. The normalized spacial score (nSPS) is 15.3. The molecule has 0 aliphatic carbocycles. The zero-order valence-corrected chi connectivity index (χ0v) is 13.8. The van der Waals surface area contributed by atoms with Gasteiger partial charge in [-0.15, -0.1) is 0 Å². The molecule has 6 heteroatoms. The summed E-state index contributed by atoms with van der Waals surface area (Å²) in [5.74, 6) is 0. The molecule has 1 saturated heterocycles. The second-order valence-electron chi connectivity index (χ2n) is 5.01. The van der Waals surface area contributed by atoms with E-state index >= 15 is 0 Å². The van der Waals surface area contributed by atoms with Gasteiger partial charge in [-0.05, 0) is 40.2 Å². The maximum atomic E-state index is 6.05. The molecule has 1 aromatic carbocycles. The maximum absolute atomic E-state index is 6.05. The van der Waals surface area contributed by atoms with Gasteiger partial charge < -0.3 is 15.5 Å². The molecule has 3 rings (SSSR count). The van der Waals surface area contributed by atoms with Crippen LogP contribution in [0.5, 0.6) is 0 Å². The molecule has 0 atom stereocenters. The first kappa shape index (κ1) is 14.5. The van der Waals surface area contributed by atoms with Crippen LogP contribution in [0.4, 0.5) is 17.1 Å². The first-order valence-corrected chi connectivity index (χ1v) is 7.96. The predicted molar refractivity (Wildman–Crippen MR) is 92.2 cm³/mol. The Morgan fingerprint density at radius 3 is 2.24 bits per heavy atom. The van der Waals surface area contributed by atoms with E-state index in [0.717, 1.165) is 41.4 Å². The molecule has 2 heterocycles. The highest BCUT2D eigenvalue weighted by atomic mass is 79.9. The van der Waals surface area contributed by atoms with E-state index in [1.54, 1.807) is 12.4 Å². The van der Waals surface area contributed by atoms with Crippen LogP contribution in [0.2, 0.25) is 5.02 Å². The lowest BCUT2D eigenvalue weighted by Crippen LogP contribution is -2.46. The van der Waals surface area contributed by atoms with Crippen molar-refractivity contribution >= 4 is 44.6 Å². The molecule has 4 nitrogen and oxygen atoms in total. The van der Waals surface area contributed by atoms with Gasteiger partial charge in [-0.3, -0.25) is 4.98 Å². The quantitative estimate of drug-likeness (QED) is 0.883. The van der Waals surface area contributed by atoms with Gasteiger partial charge in [-0.1, -0.05) is 11.6 Å². The number of rotatable bonds is 2. The van der Waals surface area contributed by atoms with E-state index in [4.69, 9.17) is 17.3 Å². The van der Waals surface area contributed by atoms with Crippen LogP contribution in [-0.2, 0) is 0 Å². The Bertz CT molecular complexity index is 604. The van der Waals surface area contributed by atoms with Gasteiger partial charge in [-0.2, -0.15) is 0 Å². The Kier molecular flexibility index (Phi) is 4.22. The highest BCUT2D eigenvalue weighted by Crippen LogP contribution is 2.32. The van der Waals surface area contributed by atoms with Crippen molar-refractivity contribution in [1.82, 2.24) is 4.98 Å². The average molecular weight is 368 g/mol. The van der Waals surface area contributed by atoms with Crippen LogP contribution in [0.3, 0.4) is 0 Å². The Morgan fingerprint density at radius 1 is 1.00 bits per heavy atom. The number of nitrogen functional groups attached to an aromatic ring is 1. The SMILES string of the molecule is Nc1cncc(Br)c1N1CCN(c2ccc(Cl)cc2)CC1. The molecule has 0 bridgehead atoms. The van der Waals surface area contributed by atoms with Gasteiger partial charge in [-0.25, -0.2) is 0 Å². The molecular formula is C15H16BrClN4. The molecule has 1 aromatic heterocycles. The first-order valence-electron chi connectivity index (χ1n) is 6.79. The number of halogens is 2. The highest BCUT2D eigenvalue weighted by molar-refractivity contribution is 9.10. The number of nitrogens with zero attached hydrogens (tertiary/aromatic N) is 3. The van der Waals surface area contributed by atoms with E-state index in [1.165, 1.54) is 5.69 Å². The lowest BCUT2D eigenvalue weighted by atomic mass is 10.2. The molecule has 0 saturated carbocycles. The predicted octanol–water partition coefficient (Wildman–Crippen LogP) is 3.41. The first-order chi connectivity index (χ1) is 10.1. The maximum Gasteiger partial charge on any atom is 0.0777 e. The molecule has 110 valence electrons. The number of piperazine rings is 1. The summed E-state index contributed by atoms with van der Waals surface area (Å²) in [6, 6.07) is 7.99. The van der Waals surface area contributed by atoms with E-state index in [0.29, 0.717) is 5.69 Å². The van der Waals surface area contributed by atoms with Crippen molar-refractivity contribution in [2.24, 2.45) is 0 Å². The largest absolute Gasteiger partial charge is 0.396 e. The minimum absolute atomic E-state index is 0.712. The molecule has 0 spiro atoms. The van der Waals surface area contributed by atoms with Gasteiger partial charge in [0.05, 0.1) is 22.0 Å². The van der Waals surface area contributed by atoms with Crippen LogP contribution in [0.25, 0.3) is 0 Å². The van der Waals surface area contributed by atoms with Gasteiger partial charge >= 0.3 is 0 Å². The van der Waals surface area contributed by atoms with Gasteiger partial charge in [0.1, 0.15) is 0 Å². The van der Waals surface area contributed by atoms with E-state index < -0.39 is 0 Å². The number of hydrogen-bond acceptors (Lipinski definition) is 4. The minimum Gasteiger partial charge on any atom is -0.396 e. The van der Waals surface area contributed by atoms with E-state index in [-0.39, 0.29) is 0 Å². The third-order valence-corrected chi connectivity index (χ3v) is 4.52. The number of nitrogens with two attached hydrogens (primary N) is 1. The lowest BCUT2D eigenvalue weighted by molar-refractivity contribution is 0.653. The summed E-state index contributed by atoms with van der Waals surface area (Å²) < 4.78 is 0.947. The Morgan fingerprint density at radius 2 is 1.62 bits per heavy atom. The van der Waals surface area contributed by atoms with Crippen LogP contribution in [0.1, 0.15) is 0 Å². The Balaban J connectivity index is 1.72. The zero-order valence-electron chi connectivity index (χ0n) is 11.5. The van der Waals surface area contributed by atoms with E-state index in [1.807, 2.05) is 12.1 Å². The fourth-order valence-corrected chi connectivity index (χ4v) is 3.34. The van der Waals surface area contributed by atoms with Crippen molar-refractivity contribution in [2.45, 2.75) is 0 Å². The van der Waals surface area contributed by atoms with Crippen molar-refractivity contribution in [3.63, 3.8) is 0 Å². The van der Waals surface area contributed by atoms with E-state index in [2.05, 4.69) is 42.8 Å². The van der Waals surface area contributed by atoms with Gasteiger partial charge in [0.15, 0.2) is 0 Å². The topological polar surface area (TPSA) is 45.4 Å². The fourth-order valence-electron chi connectivity index (χ4n) is 2.62. The summed E-state index contributed by atoms with van der Waals surface area (Å²) in [7, 11) is 0. The fraction of sp³-hybridized carbons (Fsp3) is 0.267. The van der Waals surface area contributed by atoms with Crippen LogP contribution >= 0.6 is 27.5 Å². The number of anilines is 3. The summed E-state index contributed by atoms with van der Waals surface area (Å²) in [5.41, 5.74) is 9.02. The van der Waals surface area contributed by atoms with Gasteiger partial charge in [0.25, 0.3) is 0 Å². The number of benzene rings is 1. The van der Waals surface area contributed by atoms with Crippen LogP contribution < -0.4 is 15.5 Å². The molecule has 21 heavy (non-hydrogen) atoms. The van der Waals surface area contributed by atoms with Crippen LogP contribution in [0.15, 0.2) is 41.1 Å². The molecule has 1 fully saturated rings. The number of pyridine rings is 1. The second kappa shape index (κ2) is 6.12. The van der Waals surface area contributed by atoms with Crippen LogP contribution in [0, 0.1) is 0 Å². The second-order valence-corrected chi connectivity index (χ2v) is 6.30. The minimum atomic E-state index is 0.712. The monoisotopic (exact) mass is 366 g/mol. The average Bonchev–Trinajstić information content (AvgIpc) is 2.49. The molecule has 2 aromatic rings. The molecule has 2 N–H and O–H groups in total. The third kappa shape index (κ3) is 3.09. The summed E-state index contributed by atoms with van der Waals surface area (Å²) in [6.45, 7) is 3.76. The molecule has 1 aliphatic rings. The molecule has 1 aliphatic heterocycles. The number of hydrogen-bond donors (Lipinski definition) is 1. The number of aromatic nitrogens is 1. The zero-order chi connectivity index (χ0) is 14.8. The summed E-state index contributed by atoms with van der Waals surface area (Å²) in [5, 5.41) is 0.769. The Hall–Kier alpha value is -1.46. The van der Waals surface area contributed by atoms with Crippen molar-refractivity contribution in [3.8, 4) is 0 Å². The van der Waals surface area contributed by atoms with E-state index in [9.17, 15) is 0 Å². The Labute approximate surface area is 137 Å². The molecule has 0 radical (unpaired) electrons. The van der Waals surface area contributed by atoms with Crippen molar-refractivity contribution < 1.29 is 0 Å². The van der Waals surface area contributed by atoms with Crippen LogP contribution in [-0.4, -0.2) is 31.2 Å². The van der Waals surface area contributed by atoms with Crippen molar-refractivity contribution in [2.75, 3.05) is 41.7 Å².